The van der Waals surface area contributed by atoms with Crippen LogP contribution in [0.5, 0.6) is 5.75 Å². The van der Waals surface area contributed by atoms with E-state index in [0.29, 0.717) is 28.4 Å². The lowest BCUT2D eigenvalue weighted by Gasteiger charge is -2.18. The largest absolute Gasteiger partial charge is 0.484 e. The van der Waals surface area contributed by atoms with E-state index < -0.39 is 5.91 Å². The number of H-pyrrole nitrogens is 1. The molecule has 0 radical (unpaired) electrons. The topological polar surface area (TPSA) is 139 Å². The second-order valence-electron chi connectivity index (χ2n) is 5.49. The number of nitrogens with one attached hydrogen (secondary N) is 2. The highest BCUT2D eigenvalue weighted by Gasteiger charge is 2.14. The van der Waals surface area contributed by atoms with Gasteiger partial charge < -0.3 is 25.7 Å². The highest BCUT2D eigenvalue weighted by atomic mass is 16.5. The Labute approximate surface area is 148 Å². The van der Waals surface area contributed by atoms with Gasteiger partial charge in [-0.1, -0.05) is 6.07 Å². The van der Waals surface area contributed by atoms with Crippen molar-refractivity contribution < 1.29 is 14.3 Å². The minimum Gasteiger partial charge on any atom is -0.484 e. The van der Waals surface area contributed by atoms with Crippen LogP contribution in [0.2, 0.25) is 0 Å². The van der Waals surface area contributed by atoms with E-state index in [0.717, 1.165) is 0 Å². The number of nitrogens with zero attached hydrogens (tertiary/aromatic N) is 4. The van der Waals surface area contributed by atoms with Crippen LogP contribution in [-0.2, 0) is 9.59 Å². The molecule has 0 bridgehead atoms. The third kappa shape index (κ3) is 4.04. The summed E-state index contributed by atoms with van der Waals surface area (Å²) in [5, 5.41) is 2.77. The molecule has 0 unspecified atom stereocenters. The molecule has 1 aromatic carbocycles. The van der Waals surface area contributed by atoms with Crippen LogP contribution in [0.25, 0.3) is 11.2 Å². The van der Waals surface area contributed by atoms with Crippen LogP contribution >= 0.6 is 0 Å². The van der Waals surface area contributed by atoms with Crippen LogP contribution in [0.1, 0.15) is 0 Å². The molecule has 2 amide bonds. The number of aromatic amines is 1. The highest BCUT2D eigenvalue weighted by Crippen LogP contribution is 2.19. The van der Waals surface area contributed by atoms with Crippen molar-refractivity contribution in [3.05, 3.63) is 36.9 Å². The minimum absolute atomic E-state index is 0.0670. The number of benzene rings is 1. The molecule has 0 fully saturated rings. The molecule has 0 spiro atoms. The maximum Gasteiger partial charge on any atom is 0.255 e. The smallest absolute Gasteiger partial charge is 0.255 e. The van der Waals surface area contributed by atoms with Gasteiger partial charge in [-0.3, -0.25) is 9.59 Å². The molecule has 0 aliphatic carbocycles. The lowest BCUT2D eigenvalue weighted by atomic mass is 10.3. The molecule has 0 saturated carbocycles. The molecule has 3 aromatic rings. The van der Waals surface area contributed by atoms with Gasteiger partial charge in [0.15, 0.2) is 18.1 Å². The molecule has 2 aromatic heterocycles. The fraction of sp³-hybridized carbons (Fsp3) is 0.188. The number of likely N-dealkylation sites (N-methyl/N-ethyl adjacent to an activating group) is 1. The number of carbonyl (C=O) groups is 2. The highest BCUT2D eigenvalue weighted by molar-refractivity contribution is 5.95. The van der Waals surface area contributed by atoms with Crippen LogP contribution in [0, 0.1) is 0 Å². The molecule has 26 heavy (non-hydrogen) atoms. The monoisotopic (exact) mass is 355 g/mol. The summed E-state index contributed by atoms with van der Waals surface area (Å²) in [5.74, 6) is 0.188. The summed E-state index contributed by atoms with van der Waals surface area (Å²) in [6.45, 7) is -0.161. The molecule has 0 aliphatic rings. The Balaban J connectivity index is 1.64. The average molecular weight is 355 g/mol. The maximum absolute atomic E-state index is 12.3. The van der Waals surface area contributed by atoms with Crippen molar-refractivity contribution >= 4 is 34.5 Å². The Kier molecular flexibility index (Phi) is 4.92. The number of aromatic nitrogens is 4. The zero-order chi connectivity index (χ0) is 18.5. The number of ether oxygens (including phenoxy) is 1. The summed E-state index contributed by atoms with van der Waals surface area (Å²) >= 11 is 0. The number of imidazole rings is 1. The van der Waals surface area contributed by atoms with Crippen molar-refractivity contribution in [2.45, 2.75) is 0 Å². The number of anilines is 2. The number of rotatable bonds is 7. The summed E-state index contributed by atoms with van der Waals surface area (Å²) in [4.78, 5) is 40.0. The van der Waals surface area contributed by atoms with Gasteiger partial charge in [-0.05, 0) is 12.1 Å². The number of fused-ring (bicyclic) bond motifs is 1. The van der Waals surface area contributed by atoms with Gasteiger partial charge in [0, 0.05) is 18.8 Å². The zero-order valence-electron chi connectivity index (χ0n) is 14.0. The van der Waals surface area contributed by atoms with Crippen molar-refractivity contribution in [3.63, 3.8) is 0 Å². The molecule has 2 heterocycles. The van der Waals surface area contributed by atoms with Crippen LogP contribution in [0.15, 0.2) is 36.9 Å². The maximum atomic E-state index is 12.3. The first-order valence-corrected chi connectivity index (χ1v) is 7.69. The van der Waals surface area contributed by atoms with E-state index in [2.05, 4.69) is 25.3 Å². The number of carbonyl (C=O) groups excluding carboxylic acids is 2. The number of amides is 2. The SMILES string of the molecule is CN(CC(=O)Nc1cccc(OCC(N)=O)c1)c1ncnc2nc[nH]c12. The number of nitrogens with two attached hydrogens (primary N) is 1. The van der Waals surface area contributed by atoms with Gasteiger partial charge in [0.1, 0.15) is 17.6 Å². The van der Waals surface area contributed by atoms with E-state index in [4.69, 9.17) is 10.5 Å². The lowest BCUT2D eigenvalue weighted by molar-refractivity contribution is -0.120. The fourth-order valence-corrected chi connectivity index (χ4v) is 2.35. The number of hydrogen-bond donors (Lipinski definition) is 3. The van der Waals surface area contributed by atoms with Crippen molar-refractivity contribution in [2.24, 2.45) is 5.73 Å². The predicted octanol–water partition coefficient (Wildman–Crippen LogP) is 0.292. The molecular formula is C16H17N7O3. The summed E-state index contributed by atoms with van der Waals surface area (Å²) in [7, 11) is 1.74. The van der Waals surface area contributed by atoms with Gasteiger partial charge in [0.25, 0.3) is 5.91 Å². The third-order valence-corrected chi connectivity index (χ3v) is 3.44. The van der Waals surface area contributed by atoms with Gasteiger partial charge in [0.05, 0.1) is 12.9 Å². The van der Waals surface area contributed by atoms with Gasteiger partial charge in [-0.15, -0.1) is 0 Å². The summed E-state index contributed by atoms with van der Waals surface area (Å²) in [6, 6.07) is 6.69. The Morgan fingerprint density at radius 2 is 2.15 bits per heavy atom. The molecule has 10 heteroatoms. The average Bonchev–Trinajstić information content (AvgIpc) is 3.08. The van der Waals surface area contributed by atoms with Crippen molar-refractivity contribution in [2.75, 3.05) is 30.4 Å². The molecule has 0 saturated heterocycles. The predicted molar refractivity (Wildman–Crippen MR) is 94.7 cm³/mol. The summed E-state index contributed by atoms with van der Waals surface area (Å²) in [5.41, 5.74) is 6.77. The first-order chi connectivity index (χ1) is 12.5. The first kappa shape index (κ1) is 17.1. The van der Waals surface area contributed by atoms with Crippen LogP contribution in [0.4, 0.5) is 11.5 Å². The third-order valence-electron chi connectivity index (χ3n) is 3.44. The van der Waals surface area contributed by atoms with Crippen molar-refractivity contribution in [1.29, 1.82) is 0 Å². The summed E-state index contributed by atoms with van der Waals surface area (Å²) < 4.78 is 5.22. The standard InChI is InChI=1S/C16H17N7O3/c1-23(16-14-15(19-8-18-14)20-9-21-16)6-13(25)22-10-3-2-4-11(5-10)26-7-12(17)24/h2-5,8-9H,6-7H2,1H3,(H2,17,24)(H,22,25)(H,18,19,20,21). The van der Waals surface area contributed by atoms with E-state index in [-0.39, 0.29) is 19.1 Å². The summed E-state index contributed by atoms with van der Waals surface area (Å²) in [6.07, 6.45) is 2.92. The fourth-order valence-electron chi connectivity index (χ4n) is 2.35. The Hall–Kier alpha value is -3.69. The van der Waals surface area contributed by atoms with Crippen molar-refractivity contribution in [1.82, 2.24) is 19.9 Å². The van der Waals surface area contributed by atoms with Gasteiger partial charge in [0.2, 0.25) is 5.91 Å². The van der Waals surface area contributed by atoms with E-state index in [1.165, 1.54) is 12.7 Å². The molecule has 0 atom stereocenters. The normalized spacial score (nSPS) is 10.5. The molecule has 3 rings (SSSR count). The second kappa shape index (κ2) is 7.47. The van der Waals surface area contributed by atoms with Gasteiger partial charge in [-0.25, -0.2) is 15.0 Å². The van der Waals surface area contributed by atoms with E-state index in [1.54, 1.807) is 36.2 Å². The zero-order valence-corrected chi connectivity index (χ0v) is 14.0. The molecule has 0 aliphatic heterocycles. The van der Waals surface area contributed by atoms with Crippen LogP contribution in [0.3, 0.4) is 0 Å². The Morgan fingerprint density at radius 1 is 1.31 bits per heavy atom. The van der Waals surface area contributed by atoms with Gasteiger partial charge in [-0.2, -0.15) is 0 Å². The van der Waals surface area contributed by atoms with E-state index in [9.17, 15) is 9.59 Å². The van der Waals surface area contributed by atoms with E-state index >= 15 is 0 Å². The molecule has 134 valence electrons. The minimum atomic E-state index is -0.573. The molecule has 4 N–H and O–H groups in total. The van der Waals surface area contributed by atoms with Crippen molar-refractivity contribution in [3.8, 4) is 5.75 Å². The lowest BCUT2D eigenvalue weighted by Crippen LogP contribution is -2.30. The Bertz CT molecular complexity index is 940. The van der Waals surface area contributed by atoms with E-state index in [1.807, 2.05) is 0 Å². The quantitative estimate of drug-likeness (QED) is 0.553. The number of primary amides is 1. The first-order valence-electron chi connectivity index (χ1n) is 7.69. The molecular weight excluding hydrogens is 338 g/mol. The van der Waals surface area contributed by atoms with Crippen LogP contribution in [-0.4, -0.2) is 51.9 Å². The Morgan fingerprint density at radius 3 is 2.96 bits per heavy atom. The van der Waals surface area contributed by atoms with Crippen LogP contribution < -0.4 is 20.7 Å². The number of hydrogen-bond acceptors (Lipinski definition) is 7. The molecule has 10 nitrogen and oxygen atoms in total. The second-order valence-corrected chi connectivity index (χ2v) is 5.49. The van der Waals surface area contributed by atoms with Gasteiger partial charge >= 0.3 is 0 Å².